The third-order valence-corrected chi connectivity index (χ3v) is 5.40. The predicted octanol–water partition coefficient (Wildman–Crippen LogP) is 4.63. The summed E-state index contributed by atoms with van der Waals surface area (Å²) in [6, 6.07) is 14.9. The normalized spacial score (nSPS) is 17.4. The predicted molar refractivity (Wildman–Crippen MR) is 121 cm³/mol. The first-order valence-corrected chi connectivity index (χ1v) is 10.7. The van der Waals surface area contributed by atoms with E-state index in [-0.39, 0.29) is 23.4 Å². The van der Waals surface area contributed by atoms with Crippen LogP contribution in [0.25, 0.3) is 5.76 Å². The molecule has 4 rings (SSSR count). The third kappa shape index (κ3) is 4.48. The fourth-order valence-electron chi connectivity index (χ4n) is 3.86. The van der Waals surface area contributed by atoms with Crippen molar-refractivity contribution in [1.82, 2.24) is 9.88 Å². The van der Waals surface area contributed by atoms with Crippen LogP contribution in [0.15, 0.2) is 78.6 Å². The van der Waals surface area contributed by atoms with Crippen LogP contribution in [-0.4, -0.2) is 33.3 Å². The quantitative estimate of drug-likeness (QED) is 0.325. The molecule has 1 aliphatic rings. The Kier molecular flexibility index (Phi) is 6.49. The maximum atomic E-state index is 14.9. The van der Waals surface area contributed by atoms with Crippen molar-refractivity contribution in [2.45, 2.75) is 25.9 Å². The van der Waals surface area contributed by atoms with E-state index in [0.717, 1.165) is 6.42 Å². The van der Waals surface area contributed by atoms with Gasteiger partial charge in [-0.2, -0.15) is 0 Å². The molecule has 0 spiro atoms. The fraction of sp³-hybridized carbons (Fsp3) is 0.192. The average Bonchev–Trinajstić information content (AvgIpc) is 3.08. The number of hydrogen-bond acceptors (Lipinski definition) is 5. The highest BCUT2D eigenvalue weighted by Gasteiger charge is 2.47. The summed E-state index contributed by atoms with van der Waals surface area (Å²) in [5.74, 6) is -2.12. The Morgan fingerprint density at radius 1 is 1.12 bits per heavy atom. The Morgan fingerprint density at radius 2 is 1.94 bits per heavy atom. The smallest absolute Gasteiger partial charge is 0.295 e. The monoisotopic (exact) mass is 446 g/mol. The Labute approximate surface area is 191 Å². The maximum absolute atomic E-state index is 14.9. The molecule has 0 aliphatic carbocycles. The molecule has 0 radical (unpaired) electrons. The number of carbonyl (C=O) groups excluding carboxylic acids is 2. The Morgan fingerprint density at radius 3 is 2.67 bits per heavy atom. The molecular weight excluding hydrogens is 423 g/mol. The molecule has 1 atom stereocenters. The number of aliphatic hydroxyl groups is 1. The number of nitrogens with zero attached hydrogens (tertiary/aromatic N) is 2. The number of Topliss-reactive ketones (excluding diaryl/α,β-unsaturated/α-hetero) is 1. The van der Waals surface area contributed by atoms with Crippen LogP contribution in [-0.2, 0) is 16.1 Å². The summed E-state index contributed by atoms with van der Waals surface area (Å²) in [5.41, 5.74) is 0.946. The molecule has 7 heteroatoms. The van der Waals surface area contributed by atoms with Gasteiger partial charge in [0.05, 0.1) is 18.2 Å². The van der Waals surface area contributed by atoms with E-state index in [2.05, 4.69) is 4.98 Å². The molecule has 33 heavy (non-hydrogen) atoms. The van der Waals surface area contributed by atoms with Crippen molar-refractivity contribution in [1.29, 1.82) is 0 Å². The summed E-state index contributed by atoms with van der Waals surface area (Å²) in [4.78, 5) is 31.4. The van der Waals surface area contributed by atoms with Crippen LogP contribution in [0.3, 0.4) is 0 Å². The highest BCUT2D eigenvalue weighted by atomic mass is 19.1. The van der Waals surface area contributed by atoms with Crippen molar-refractivity contribution in [2.75, 3.05) is 6.61 Å². The van der Waals surface area contributed by atoms with E-state index >= 15 is 0 Å². The number of likely N-dealkylation sites (tertiary alicyclic amines) is 1. The number of aromatic nitrogens is 1. The van der Waals surface area contributed by atoms with Crippen LogP contribution in [0, 0.1) is 5.82 Å². The number of benzene rings is 2. The summed E-state index contributed by atoms with van der Waals surface area (Å²) >= 11 is 0. The highest BCUT2D eigenvalue weighted by molar-refractivity contribution is 6.46. The van der Waals surface area contributed by atoms with E-state index in [1.54, 1.807) is 54.9 Å². The van der Waals surface area contributed by atoms with Gasteiger partial charge in [0.2, 0.25) is 0 Å². The summed E-state index contributed by atoms with van der Waals surface area (Å²) in [7, 11) is 0. The minimum absolute atomic E-state index is 0.0356. The van der Waals surface area contributed by atoms with Crippen LogP contribution in [0.4, 0.5) is 4.39 Å². The van der Waals surface area contributed by atoms with Gasteiger partial charge in [-0.25, -0.2) is 4.39 Å². The second-order valence-corrected chi connectivity index (χ2v) is 7.69. The van der Waals surface area contributed by atoms with Gasteiger partial charge in [0.15, 0.2) is 0 Å². The molecule has 2 heterocycles. The molecule has 1 N–H and O–H groups in total. The zero-order valence-electron chi connectivity index (χ0n) is 18.1. The number of halogens is 1. The summed E-state index contributed by atoms with van der Waals surface area (Å²) < 4.78 is 20.5. The number of ether oxygens (including phenoxy) is 1. The van der Waals surface area contributed by atoms with Gasteiger partial charge in [0.1, 0.15) is 17.3 Å². The van der Waals surface area contributed by atoms with Gasteiger partial charge in [0.25, 0.3) is 11.7 Å². The van der Waals surface area contributed by atoms with Crippen LogP contribution >= 0.6 is 0 Å². The van der Waals surface area contributed by atoms with E-state index in [1.165, 1.54) is 23.1 Å². The van der Waals surface area contributed by atoms with Crippen LogP contribution in [0.2, 0.25) is 0 Å². The van der Waals surface area contributed by atoms with Crippen molar-refractivity contribution < 1.29 is 23.8 Å². The zero-order chi connectivity index (χ0) is 23.4. The SMILES string of the molecule is CCCOc1cccc(/C(O)=C2/C(=O)C(=O)N(Cc3cccnc3)C2c2ccccc2F)c1. The van der Waals surface area contributed by atoms with Crippen LogP contribution < -0.4 is 4.74 Å². The lowest BCUT2D eigenvalue weighted by Crippen LogP contribution is -2.29. The summed E-state index contributed by atoms with van der Waals surface area (Å²) in [6.07, 6.45) is 3.98. The molecule has 2 aromatic carbocycles. The minimum Gasteiger partial charge on any atom is -0.507 e. The molecule has 1 unspecified atom stereocenters. The number of pyridine rings is 1. The first-order valence-electron chi connectivity index (χ1n) is 10.7. The number of amides is 1. The number of carbonyl (C=O) groups is 2. The van der Waals surface area contributed by atoms with Gasteiger partial charge < -0.3 is 14.7 Å². The molecule has 1 saturated heterocycles. The average molecular weight is 446 g/mol. The Bertz CT molecular complexity index is 1210. The van der Waals surface area contributed by atoms with Crippen molar-refractivity contribution in [3.05, 3.63) is 101 Å². The van der Waals surface area contributed by atoms with Crippen LogP contribution in [0.1, 0.15) is 36.1 Å². The van der Waals surface area contributed by atoms with E-state index in [9.17, 15) is 19.1 Å². The van der Waals surface area contributed by atoms with Crippen LogP contribution in [0.5, 0.6) is 5.75 Å². The molecule has 0 bridgehead atoms. The molecule has 1 amide bonds. The van der Waals surface area contributed by atoms with Crippen molar-refractivity contribution in [3.8, 4) is 5.75 Å². The van der Waals surface area contributed by atoms with Crippen molar-refractivity contribution >= 4 is 17.4 Å². The molecule has 1 aromatic heterocycles. The van der Waals surface area contributed by atoms with E-state index in [4.69, 9.17) is 4.74 Å². The fourth-order valence-corrected chi connectivity index (χ4v) is 3.86. The van der Waals surface area contributed by atoms with E-state index < -0.39 is 23.5 Å². The van der Waals surface area contributed by atoms with Gasteiger partial charge >= 0.3 is 0 Å². The lowest BCUT2D eigenvalue weighted by molar-refractivity contribution is -0.140. The second kappa shape index (κ2) is 9.65. The van der Waals surface area contributed by atoms with Gasteiger partial charge in [-0.05, 0) is 36.2 Å². The lowest BCUT2D eigenvalue weighted by Gasteiger charge is -2.25. The van der Waals surface area contributed by atoms with E-state index in [1.807, 2.05) is 6.92 Å². The van der Waals surface area contributed by atoms with E-state index in [0.29, 0.717) is 23.5 Å². The molecular formula is C26H23FN2O4. The topological polar surface area (TPSA) is 79.7 Å². The van der Waals surface area contributed by atoms with Gasteiger partial charge in [-0.15, -0.1) is 0 Å². The number of ketones is 1. The maximum Gasteiger partial charge on any atom is 0.295 e. The minimum atomic E-state index is -1.09. The molecule has 1 fully saturated rings. The molecule has 1 aliphatic heterocycles. The summed E-state index contributed by atoms with van der Waals surface area (Å²) in [5, 5.41) is 11.2. The molecule has 0 saturated carbocycles. The van der Waals surface area contributed by atoms with Gasteiger partial charge in [0, 0.05) is 30.1 Å². The van der Waals surface area contributed by atoms with Crippen molar-refractivity contribution in [2.24, 2.45) is 0 Å². The number of hydrogen-bond donors (Lipinski definition) is 1. The first-order chi connectivity index (χ1) is 16.0. The Hall–Kier alpha value is -4.00. The Balaban J connectivity index is 1.84. The summed E-state index contributed by atoms with van der Waals surface area (Å²) in [6.45, 7) is 2.50. The first kappa shape index (κ1) is 22.2. The second-order valence-electron chi connectivity index (χ2n) is 7.69. The zero-order valence-corrected chi connectivity index (χ0v) is 18.1. The largest absolute Gasteiger partial charge is 0.507 e. The highest BCUT2D eigenvalue weighted by Crippen LogP contribution is 2.41. The third-order valence-electron chi connectivity index (χ3n) is 5.40. The van der Waals surface area contributed by atoms with Crippen molar-refractivity contribution in [3.63, 3.8) is 0 Å². The number of rotatable bonds is 7. The molecule has 168 valence electrons. The van der Waals surface area contributed by atoms with Gasteiger partial charge in [-0.3, -0.25) is 14.6 Å². The molecule has 3 aromatic rings. The van der Waals surface area contributed by atoms with Gasteiger partial charge in [-0.1, -0.05) is 43.3 Å². The lowest BCUT2D eigenvalue weighted by atomic mass is 9.94. The standard InChI is InChI=1S/C26H23FN2O4/c1-2-13-33-19-9-5-8-18(14-19)24(30)22-23(20-10-3-4-11-21(20)27)29(26(32)25(22)31)16-17-7-6-12-28-15-17/h3-12,14-15,23,30H,2,13,16H2,1H3/b24-22-. The molecule has 6 nitrogen and oxygen atoms in total. The number of aliphatic hydroxyl groups excluding tert-OH is 1.